The van der Waals surface area contributed by atoms with Gasteiger partial charge in [0.2, 0.25) is 0 Å². The van der Waals surface area contributed by atoms with Gasteiger partial charge >= 0.3 is 6.03 Å². The molecular weight excluding hydrogens is 637 g/mol. The maximum absolute atomic E-state index is 13.5. The van der Waals surface area contributed by atoms with Crippen molar-refractivity contribution in [1.82, 2.24) is 5.32 Å². The standard InChI is InChI=1S/C33H25Cl2N3O8/c1-2-44-29-17-22(16-28(35)30(29)46-19-21-4-3-5-25(14-21)38(42)43)15-27-31(39)36-33(41)37(32(27)40)24-10-12-26(13-11-24)45-18-20-6-8-23(34)9-7-20/h3-17H,2,18-19H2,1H3,(H,36,39,41)/b27-15+. The summed E-state index contributed by atoms with van der Waals surface area (Å²) < 4.78 is 17.3. The van der Waals surface area contributed by atoms with Crippen LogP contribution in [0.15, 0.2) is 90.5 Å². The summed E-state index contributed by atoms with van der Waals surface area (Å²) in [5, 5.41) is 14.0. The predicted octanol–water partition coefficient (Wildman–Crippen LogP) is 7.12. The van der Waals surface area contributed by atoms with E-state index in [-0.39, 0.29) is 53.3 Å². The van der Waals surface area contributed by atoms with E-state index in [2.05, 4.69) is 5.32 Å². The molecule has 4 aromatic carbocycles. The highest BCUT2D eigenvalue weighted by Crippen LogP contribution is 2.38. The van der Waals surface area contributed by atoms with Gasteiger partial charge in [0.25, 0.3) is 17.5 Å². The van der Waals surface area contributed by atoms with Crippen LogP contribution >= 0.6 is 23.2 Å². The van der Waals surface area contributed by atoms with Crippen LogP contribution in [0.3, 0.4) is 0 Å². The molecule has 11 nitrogen and oxygen atoms in total. The number of nitrogens with one attached hydrogen (secondary N) is 1. The fourth-order valence-corrected chi connectivity index (χ4v) is 4.89. The van der Waals surface area contributed by atoms with Gasteiger partial charge in [-0.05, 0) is 78.2 Å². The lowest BCUT2D eigenvalue weighted by atomic mass is 10.1. The van der Waals surface area contributed by atoms with Gasteiger partial charge in [-0.1, -0.05) is 47.5 Å². The number of barbiturate groups is 1. The number of non-ortho nitro benzene ring substituents is 1. The molecule has 0 atom stereocenters. The third-order valence-electron chi connectivity index (χ3n) is 6.66. The average Bonchev–Trinajstić information content (AvgIpc) is 3.03. The summed E-state index contributed by atoms with van der Waals surface area (Å²) in [6.45, 7) is 2.24. The van der Waals surface area contributed by atoms with Gasteiger partial charge in [0.05, 0.1) is 22.2 Å². The Morgan fingerprint density at radius 2 is 1.59 bits per heavy atom. The summed E-state index contributed by atoms with van der Waals surface area (Å²) in [7, 11) is 0. The molecule has 4 aromatic rings. The first-order valence-corrected chi connectivity index (χ1v) is 14.6. The highest BCUT2D eigenvalue weighted by atomic mass is 35.5. The Kier molecular flexibility index (Phi) is 9.85. The van der Waals surface area contributed by atoms with E-state index in [1.165, 1.54) is 42.5 Å². The Morgan fingerprint density at radius 1 is 0.870 bits per heavy atom. The number of anilines is 1. The number of nitro groups is 1. The molecule has 5 rings (SSSR count). The van der Waals surface area contributed by atoms with Crippen molar-refractivity contribution in [2.45, 2.75) is 20.1 Å². The van der Waals surface area contributed by atoms with Crippen molar-refractivity contribution < 1.29 is 33.5 Å². The van der Waals surface area contributed by atoms with Gasteiger partial charge in [-0.15, -0.1) is 0 Å². The fourth-order valence-electron chi connectivity index (χ4n) is 4.49. The lowest BCUT2D eigenvalue weighted by Gasteiger charge is -2.26. The zero-order valence-corrected chi connectivity index (χ0v) is 25.7. The summed E-state index contributed by atoms with van der Waals surface area (Å²) >= 11 is 12.5. The number of nitro benzene ring substituents is 1. The Bertz CT molecular complexity index is 1840. The van der Waals surface area contributed by atoms with E-state index in [4.69, 9.17) is 37.4 Å². The number of rotatable bonds is 11. The highest BCUT2D eigenvalue weighted by molar-refractivity contribution is 6.39. The molecule has 1 fully saturated rings. The number of carbonyl (C=O) groups excluding carboxylic acids is 3. The zero-order chi connectivity index (χ0) is 32.8. The normalized spacial score (nSPS) is 13.8. The molecule has 4 amide bonds. The number of benzene rings is 4. The summed E-state index contributed by atoms with van der Waals surface area (Å²) in [4.78, 5) is 50.4. The molecule has 13 heteroatoms. The Hall–Kier alpha value is -5.39. The summed E-state index contributed by atoms with van der Waals surface area (Å²) in [6, 6.07) is 21.5. The topological polar surface area (TPSA) is 137 Å². The monoisotopic (exact) mass is 661 g/mol. The van der Waals surface area contributed by atoms with Crippen molar-refractivity contribution >= 4 is 58.5 Å². The summed E-state index contributed by atoms with van der Waals surface area (Å²) in [5.74, 6) is -0.830. The lowest BCUT2D eigenvalue weighted by molar-refractivity contribution is -0.384. The minimum Gasteiger partial charge on any atom is -0.490 e. The number of carbonyl (C=O) groups is 3. The zero-order valence-electron chi connectivity index (χ0n) is 24.2. The molecule has 1 aliphatic heterocycles. The first-order valence-electron chi connectivity index (χ1n) is 13.8. The van der Waals surface area contributed by atoms with Gasteiger partial charge < -0.3 is 14.2 Å². The summed E-state index contributed by atoms with van der Waals surface area (Å²) in [6.07, 6.45) is 1.29. The molecule has 0 aliphatic carbocycles. The van der Waals surface area contributed by atoms with Crippen molar-refractivity contribution in [3.8, 4) is 17.2 Å². The second-order valence-corrected chi connectivity index (χ2v) is 10.7. The van der Waals surface area contributed by atoms with Gasteiger partial charge in [0, 0.05) is 17.2 Å². The second-order valence-electron chi connectivity index (χ2n) is 9.85. The van der Waals surface area contributed by atoms with Crippen molar-refractivity contribution in [3.05, 3.63) is 127 Å². The van der Waals surface area contributed by atoms with Gasteiger partial charge in [0.15, 0.2) is 11.5 Å². The molecule has 0 unspecified atom stereocenters. The van der Waals surface area contributed by atoms with Crippen molar-refractivity contribution in [1.29, 1.82) is 0 Å². The number of imide groups is 2. The average molecular weight is 662 g/mol. The number of ether oxygens (including phenoxy) is 3. The molecule has 0 bridgehead atoms. The maximum atomic E-state index is 13.5. The van der Waals surface area contributed by atoms with Crippen LogP contribution in [0.25, 0.3) is 6.08 Å². The molecule has 0 aromatic heterocycles. The minimum absolute atomic E-state index is 0.0369. The van der Waals surface area contributed by atoms with E-state index < -0.39 is 22.8 Å². The van der Waals surface area contributed by atoms with E-state index in [1.54, 1.807) is 43.3 Å². The maximum Gasteiger partial charge on any atom is 0.335 e. The van der Waals surface area contributed by atoms with Crippen molar-refractivity contribution in [2.24, 2.45) is 0 Å². The van der Waals surface area contributed by atoms with Crippen molar-refractivity contribution in [2.75, 3.05) is 11.5 Å². The number of halogens is 2. The molecule has 1 aliphatic rings. The SMILES string of the molecule is CCOc1cc(/C=C2\C(=O)NC(=O)N(c3ccc(OCc4ccc(Cl)cc4)cc3)C2=O)cc(Cl)c1OCc1cccc([N+](=O)[O-])c1. The van der Waals surface area contributed by atoms with Gasteiger partial charge in [-0.2, -0.15) is 0 Å². The Morgan fingerprint density at radius 3 is 2.28 bits per heavy atom. The molecule has 0 radical (unpaired) electrons. The first-order chi connectivity index (χ1) is 22.1. The number of hydrogen-bond donors (Lipinski definition) is 1. The first kappa shape index (κ1) is 32.0. The Balaban J connectivity index is 1.35. The van der Waals surface area contributed by atoms with Gasteiger partial charge in [0.1, 0.15) is 24.5 Å². The van der Waals surface area contributed by atoms with Crippen LogP contribution in [0.4, 0.5) is 16.2 Å². The quantitative estimate of drug-likeness (QED) is 0.0776. The third kappa shape index (κ3) is 7.45. The van der Waals surface area contributed by atoms with Crippen LogP contribution in [0.5, 0.6) is 17.2 Å². The number of amides is 4. The molecule has 234 valence electrons. The van der Waals surface area contributed by atoms with Crippen LogP contribution in [0, 0.1) is 10.1 Å². The van der Waals surface area contributed by atoms with Crippen LogP contribution in [0.1, 0.15) is 23.6 Å². The van der Waals surface area contributed by atoms with Crippen LogP contribution in [-0.2, 0) is 22.8 Å². The molecule has 0 saturated carbocycles. The fraction of sp³-hybridized carbons (Fsp3) is 0.121. The van der Waals surface area contributed by atoms with E-state index in [0.29, 0.717) is 21.9 Å². The number of hydrogen-bond acceptors (Lipinski definition) is 8. The van der Waals surface area contributed by atoms with Gasteiger partial charge in [-0.25, -0.2) is 9.69 Å². The van der Waals surface area contributed by atoms with E-state index in [0.717, 1.165) is 10.5 Å². The summed E-state index contributed by atoms with van der Waals surface area (Å²) in [5.41, 5.74) is 1.59. The molecule has 1 saturated heterocycles. The molecular formula is C33H25Cl2N3O8. The van der Waals surface area contributed by atoms with Crippen molar-refractivity contribution in [3.63, 3.8) is 0 Å². The lowest BCUT2D eigenvalue weighted by Crippen LogP contribution is -2.54. The largest absolute Gasteiger partial charge is 0.490 e. The highest BCUT2D eigenvalue weighted by Gasteiger charge is 2.37. The predicted molar refractivity (Wildman–Crippen MR) is 171 cm³/mol. The third-order valence-corrected chi connectivity index (χ3v) is 7.20. The molecule has 1 N–H and O–H groups in total. The second kappa shape index (κ2) is 14.1. The molecule has 1 heterocycles. The van der Waals surface area contributed by atoms with E-state index >= 15 is 0 Å². The van der Waals surface area contributed by atoms with Crippen LogP contribution in [-0.4, -0.2) is 29.4 Å². The van der Waals surface area contributed by atoms with E-state index in [1.807, 2.05) is 12.1 Å². The number of urea groups is 1. The number of nitrogens with zero attached hydrogens (tertiary/aromatic N) is 2. The Labute approximate surface area is 273 Å². The minimum atomic E-state index is -0.903. The molecule has 46 heavy (non-hydrogen) atoms. The van der Waals surface area contributed by atoms with E-state index in [9.17, 15) is 24.5 Å². The van der Waals surface area contributed by atoms with Gasteiger partial charge in [-0.3, -0.25) is 25.0 Å². The smallest absolute Gasteiger partial charge is 0.335 e. The van der Waals surface area contributed by atoms with Crippen LogP contribution in [0.2, 0.25) is 10.0 Å². The van der Waals surface area contributed by atoms with Crippen LogP contribution < -0.4 is 24.4 Å². The molecule has 0 spiro atoms.